The maximum atomic E-state index is 12.8. The molecule has 1 atom stereocenters. The van der Waals surface area contributed by atoms with Gasteiger partial charge in [-0.3, -0.25) is 9.59 Å². The summed E-state index contributed by atoms with van der Waals surface area (Å²) in [5.74, 6) is -0.513. The van der Waals surface area contributed by atoms with Gasteiger partial charge in [0.1, 0.15) is 6.61 Å². The number of hydrogen-bond acceptors (Lipinski definition) is 5. The average Bonchev–Trinajstić information content (AvgIpc) is 3.32. The second-order valence-corrected chi connectivity index (χ2v) is 16.7. The van der Waals surface area contributed by atoms with E-state index in [1.54, 1.807) is 0 Å². The van der Waals surface area contributed by atoms with Gasteiger partial charge in [0, 0.05) is 12.8 Å². The largest absolute Gasteiger partial charge is 0.462 e. The molecular weight excluding hydrogens is 813 g/mol. The van der Waals surface area contributed by atoms with E-state index >= 15 is 0 Å². The molecule has 0 heterocycles. The molecule has 1 unspecified atom stereocenters. The first kappa shape index (κ1) is 61.8. The Kier molecular flexibility index (Phi) is 51.6. The molecule has 0 aliphatic heterocycles. The molecule has 0 aromatic carbocycles. The lowest BCUT2D eigenvalue weighted by Crippen LogP contribution is -2.30. The highest BCUT2D eigenvalue weighted by atomic mass is 16.6. The lowest BCUT2D eigenvalue weighted by Gasteiger charge is -2.18. The quantitative estimate of drug-likeness (QED) is 0.0346. The summed E-state index contributed by atoms with van der Waals surface area (Å²) in [5.41, 5.74) is 0. The van der Waals surface area contributed by atoms with Crippen molar-refractivity contribution < 1.29 is 23.8 Å². The van der Waals surface area contributed by atoms with E-state index < -0.39 is 6.10 Å². The molecule has 5 nitrogen and oxygen atoms in total. The summed E-state index contributed by atoms with van der Waals surface area (Å²) >= 11 is 0. The van der Waals surface area contributed by atoms with Gasteiger partial charge in [0.15, 0.2) is 6.10 Å². The highest BCUT2D eigenvalue weighted by Crippen LogP contribution is 2.11. The van der Waals surface area contributed by atoms with E-state index in [1.165, 1.54) is 44.9 Å². The minimum absolute atomic E-state index is 0.0215. The summed E-state index contributed by atoms with van der Waals surface area (Å²) in [6, 6.07) is 0. The maximum Gasteiger partial charge on any atom is 0.306 e. The van der Waals surface area contributed by atoms with Gasteiger partial charge in [-0.1, -0.05) is 205 Å². The summed E-state index contributed by atoms with van der Waals surface area (Å²) in [7, 11) is 0. The lowest BCUT2D eigenvalue weighted by molar-refractivity contribution is -0.162. The topological polar surface area (TPSA) is 61.8 Å². The minimum atomic E-state index is -0.614. The van der Waals surface area contributed by atoms with Crippen LogP contribution in [0.1, 0.15) is 201 Å². The molecule has 66 heavy (non-hydrogen) atoms. The standard InChI is InChI=1S/C61H96O5/c1-4-7-10-13-16-19-22-25-28-30-31-32-34-36-39-42-45-48-51-54-60(62)65-58-59(57-64-56-53-50-47-44-41-38-35-29-26-23-20-17-14-11-8-5-2)66-61(63)55-52-49-46-43-40-37-33-27-24-21-18-15-12-9-6-3/h8-9,11-12,16-21,25-29,31-33,38,40-41,43,47,50,59H,4-7,10,13-15,22-24,30,34-37,39,42,44-46,48-49,51-58H2,1-3H3/b11-8-,12-9-,19-16-,20-17-,21-18-,28-25-,29-26-,32-31-,33-27-,41-38-,43-40-,50-47-. The second kappa shape index (κ2) is 55.1. The van der Waals surface area contributed by atoms with Crippen LogP contribution in [0, 0.1) is 0 Å². The first-order valence-electron chi connectivity index (χ1n) is 26.4. The monoisotopic (exact) mass is 909 g/mol. The van der Waals surface area contributed by atoms with Crippen molar-refractivity contribution in [2.24, 2.45) is 0 Å². The average molecular weight is 909 g/mol. The third-order valence-corrected chi connectivity index (χ3v) is 10.4. The van der Waals surface area contributed by atoms with Crippen LogP contribution in [0.3, 0.4) is 0 Å². The molecule has 0 rings (SSSR count). The van der Waals surface area contributed by atoms with E-state index in [4.69, 9.17) is 14.2 Å². The van der Waals surface area contributed by atoms with Crippen LogP contribution in [0.5, 0.6) is 0 Å². The Bertz CT molecular complexity index is 1450. The highest BCUT2D eigenvalue weighted by molar-refractivity contribution is 5.70. The van der Waals surface area contributed by atoms with Gasteiger partial charge in [-0.15, -0.1) is 0 Å². The SMILES string of the molecule is CC/C=C\C/C=C\C/C=C\C/C=C\C/C=C\CCOCC(COC(=O)CCCCCCCC/C=C\C/C=C\C/C=C\CCCCC)OC(=O)CCCC/C=C\C/C=C\C/C=C\C/C=C\CC. The molecule has 370 valence electrons. The predicted octanol–water partition coefficient (Wildman–Crippen LogP) is 18.1. The van der Waals surface area contributed by atoms with Gasteiger partial charge in [-0.05, 0) is 128 Å². The van der Waals surface area contributed by atoms with E-state index in [-0.39, 0.29) is 25.2 Å². The number of hydrogen-bond donors (Lipinski definition) is 0. The maximum absolute atomic E-state index is 12.8. The Morgan fingerprint density at radius 2 is 0.682 bits per heavy atom. The number of carbonyl (C=O) groups is 2. The van der Waals surface area contributed by atoms with Gasteiger partial charge in [-0.2, -0.15) is 0 Å². The van der Waals surface area contributed by atoms with Crippen LogP contribution in [-0.4, -0.2) is 37.9 Å². The molecule has 0 amide bonds. The summed E-state index contributed by atoms with van der Waals surface area (Å²) in [6.07, 6.45) is 80.2. The summed E-state index contributed by atoms with van der Waals surface area (Å²) in [5, 5.41) is 0. The van der Waals surface area contributed by atoms with Gasteiger partial charge >= 0.3 is 11.9 Å². The number of unbranched alkanes of at least 4 members (excludes halogenated alkanes) is 11. The third-order valence-electron chi connectivity index (χ3n) is 10.4. The van der Waals surface area contributed by atoms with Crippen LogP contribution >= 0.6 is 0 Å². The zero-order valence-corrected chi connectivity index (χ0v) is 42.4. The zero-order valence-electron chi connectivity index (χ0n) is 42.4. The van der Waals surface area contributed by atoms with Crippen LogP contribution < -0.4 is 0 Å². The Hall–Kier alpha value is -4.22. The first-order valence-corrected chi connectivity index (χ1v) is 26.4. The van der Waals surface area contributed by atoms with Gasteiger partial charge in [0.2, 0.25) is 0 Å². The molecule has 0 radical (unpaired) electrons. The van der Waals surface area contributed by atoms with Crippen LogP contribution in [0.25, 0.3) is 0 Å². The Labute approximate surface area is 406 Å². The Morgan fingerprint density at radius 1 is 0.348 bits per heavy atom. The smallest absolute Gasteiger partial charge is 0.306 e. The van der Waals surface area contributed by atoms with E-state index in [1.807, 2.05) is 0 Å². The molecule has 0 fully saturated rings. The molecule has 0 aromatic heterocycles. The molecule has 5 heteroatoms. The molecule has 0 saturated heterocycles. The van der Waals surface area contributed by atoms with Crippen molar-refractivity contribution in [3.8, 4) is 0 Å². The Morgan fingerprint density at radius 3 is 1.12 bits per heavy atom. The van der Waals surface area contributed by atoms with Gasteiger partial charge in [0.25, 0.3) is 0 Å². The van der Waals surface area contributed by atoms with Crippen LogP contribution in [0.4, 0.5) is 0 Å². The predicted molar refractivity (Wildman–Crippen MR) is 288 cm³/mol. The van der Waals surface area contributed by atoms with E-state index in [9.17, 15) is 9.59 Å². The normalized spacial score (nSPS) is 13.4. The molecular formula is C61H96O5. The van der Waals surface area contributed by atoms with Crippen molar-refractivity contribution in [2.75, 3.05) is 19.8 Å². The third kappa shape index (κ3) is 52.4. The van der Waals surface area contributed by atoms with Crippen LogP contribution in [-0.2, 0) is 23.8 Å². The summed E-state index contributed by atoms with van der Waals surface area (Å²) in [4.78, 5) is 25.4. The van der Waals surface area contributed by atoms with E-state index in [0.29, 0.717) is 19.4 Å². The van der Waals surface area contributed by atoms with Crippen molar-refractivity contribution in [1.29, 1.82) is 0 Å². The summed E-state index contributed by atoms with van der Waals surface area (Å²) < 4.78 is 17.3. The molecule has 0 N–H and O–H groups in total. The number of allylic oxidation sites excluding steroid dienone is 23. The van der Waals surface area contributed by atoms with E-state index in [0.717, 1.165) is 122 Å². The van der Waals surface area contributed by atoms with Gasteiger partial charge in [0.05, 0.1) is 13.2 Å². The first-order chi connectivity index (χ1) is 32.6. The number of ether oxygens (including phenoxy) is 3. The van der Waals surface area contributed by atoms with Crippen molar-refractivity contribution in [3.05, 3.63) is 146 Å². The zero-order chi connectivity index (χ0) is 47.7. The van der Waals surface area contributed by atoms with Crippen LogP contribution in [0.2, 0.25) is 0 Å². The fourth-order valence-electron chi connectivity index (χ4n) is 6.51. The summed E-state index contributed by atoms with van der Waals surface area (Å²) in [6.45, 7) is 7.28. The number of carbonyl (C=O) groups excluding carboxylic acids is 2. The lowest BCUT2D eigenvalue weighted by atomic mass is 10.1. The minimum Gasteiger partial charge on any atom is -0.462 e. The second-order valence-electron chi connectivity index (χ2n) is 16.7. The van der Waals surface area contributed by atoms with E-state index in [2.05, 4.69) is 167 Å². The molecule has 0 bridgehead atoms. The number of esters is 2. The molecule has 0 aromatic rings. The Balaban J connectivity index is 4.49. The van der Waals surface area contributed by atoms with Gasteiger partial charge < -0.3 is 14.2 Å². The fourth-order valence-corrected chi connectivity index (χ4v) is 6.51. The molecule has 0 aliphatic carbocycles. The molecule has 0 aliphatic rings. The highest BCUT2D eigenvalue weighted by Gasteiger charge is 2.17. The molecule has 0 spiro atoms. The fraction of sp³-hybridized carbons (Fsp3) is 0.574. The molecule has 0 saturated carbocycles. The van der Waals surface area contributed by atoms with Gasteiger partial charge in [-0.25, -0.2) is 0 Å². The van der Waals surface area contributed by atoms with Crippen LogP contribution in [0.15, 0.2) is 146 Å². The van der Waals surface area contributed by atoms with Crippen molar-refractivity contribution in [2.45, 2.75) is 207 Å². The van der Waals surface area contributed by atoms with Crippen molar-refractivity contribution >= 4 is 11.9 Å². The van der Waals surface area contributed by atoms with Crippen molar-refractivity contribution in [1.82, 2.24) is 0 Å². The number of rotatable bonds is 46. The van der Waals surface area contributed by atoms with Crippen molar-refractivity contribution in [3.63, 3.8) is 0 Å².